The van der Waals surface area contributed by atoms with E-state index in [4.69, 9.17) is 34.1 Å². The zero-order chi connectivity index (χ0) is 15.5. The van der Waals surface area contributed by atoms with Crippen LogP contribution >= 0.6 is 34.1 Å². The zero-order valence-electron chi connectivity index (χ0n) is 11.4. The molecule has 0 saturated heterocycles. The molecule has 5 heteroatoms. The Balaban J connectivity index is 0.000000282. The van der Waals surface area contributed by atoms with Gasteiger partial charge in [-0.15, -0.1) is 0 Å². The summed E-state index contributed by atoms with van der Waals surface area (Å²) in [5.41, 5.74) is 6.99. The molecule has 1 aliphatic rings. The van der Waals surface area contributed by atoms with E-state index < -0.39 is 15.5 Å². The number of hydrogen-bond acceptors (Lipinski definition) is 0. The molecular formula is C16H14Cl4Zr. The molecule has 2 aromatic rings. The van der Waals surface area contributed by atoms with Crippen LogP contribution in [0.3, 0.4) is 0 Å². The van der Waals surface area contributed by atoms with Crippen LogP contribution in [-0.4, -0.2) is 0 Å². The van der Waals surface area contributed by atoms with E-state index in [0.717, 1.165) is 6.42 Å². The van der Waals surface area contributed by atoms with Crippen LogP contribution in [-0.2, 0) is 21.9 Å². The minimum absolute atomic E-state index is 1.11. The molecule has 3 rings (SSSR count). The van der Waals surface area contributed by atoms with Gasteiger partial charge in [0.25, 0.3) is 0 Å². The molecule has 0 saturated carbocycles. The van der Waals surface area contributed by atoms with Gasteiger partial charge in [-0.3, -0.25) is 0 Å². The second-order valence-corrected chi connectivity index (χ2v) is 27.2. The van der Waals surface area contributed by atoms with Crippen LogP contribution in [0.25, 0.3) is 17.2 Å². The zero-order valence-corrected chi connectivity index (χ0v) is 16.9. The van der Waals surface area contributed by atoms with E-state index in [1.54, 1.807) is 0 Å². The summed E-state index contributed by atoms with van der Waals surface area (Å²) < 4.78 is 0. The Morgan fingerprint density at radius 3 is 2.10 bits per heavy atom. The molecule has 0 amide bonds. The molecule has 0 heterocycles. The summed E-state index contributed by atoms with van der Waals surface area (Å²) in [5, 5.41) is 0. The Morgan fingerprint density at radius 1 is 0.857 bits per heavy atom. The summed E-state index contributed by atoms with van der Waals surface area (Å²) in [6.45, 7) is 2.20. The van der Waals surface area contributed by atoms with Gasteiger partial charge in [-0.05, 0) is 35.6 Å². The Morgan fingerprint density at radius 2 is 1.48 bits per heavy atom. The molecule has 0 bridgehead atoms. The standard InChI is InChI=1S/C16H14.4ClH.Zr/c1-12-10-14-8-5-9-15(16(14)11-12)13-6-3-2-4-7-13;;;;;/h2-9,11H,10H2,1H3;4*1H;/q;;;;;+4/p-4. The minimum atomic E-state index is -3.29. The average Bonchev–Trinajstić information content (AvgIpc) is 2.77. The van der Waals surface area contributed by atoms with Gasteiger partial charge in [0.15, 0.2) is 0 Å². The van der Waals surface area contributed by atoms with Gasteiger partial charge in [-0.25, -0.2) is 0 Å². The summed E-state index contributed by atoms with van der Waals surface area (Å²) in [7, 11) is 20.1. The van der Waals surface area contributed by atoms with Gasteiger partial charge in [0, 0.05) is 0 Å². The quantitative estimate of drug-likeness (QED) is 0.446. The van der Waals surface area contributed by atoms with Crippen molar-refractivity contribution in [1.82, 2.24) is 0 Å². The van der Waals surface area contributed by atoms with E-state index in [0.29, 0.717) is 0 Å². The Kier molecular flexibility index (Phi) is 6.42. The fourth-order valence-electron chi connectivity index (χ4n) is 2.40. The van der Waals surface area contributed by atoms with Gasteiger partial charge in [0.2, 0.25) is 0 Å². The summed E-state index contributed by atoms with van der Waals surface area (Å²) in [6.07, 6.45) is 3.42. The van der Waals surface area contributed by atoms with Gasteiger partial charge < -0.3 is 0 Å². The van der Waals surface area contributed by atoms with E-state index in [2.05, 4.69) is 61.5 Å². The van der Waals surface area contributed by atoms with Crippen LogP contribution in [0, 0.1) is 0 Å². The van der Waals surface area contributed by atoms with Crippen molar-refractivity contribution in [1.29, 1.82) is 0 Å². The number of fused-ring (bicyclic) bond motifs is 1. The monoisotopic (exact) mass is 436 g/mol. The Hall–Kier alpha value is 0.223. The maximum absolute atomic E-state index is 5.04. The van der Waals surface area contributed by atoms with Crippen LogP contribution < -0.4 is 0 Å². The van der Waals surface area contributed by atoms with E-state index in [9.17, 15) is 0 Å². The van der Waals surface area contributed by atoms with Crippen LogP contribution in [0.2, 0.25) is 0 Å². The number of benzene rings is 2. The molecular weight excluding hydrogens is 425 g/mol. The van der Waals surface area contributed by atoms with Crippen LogP contribution in [0.15, 0.2) is 54.1 Å². The Bertz CT molecular complexity index is 639. The predicted molar refractivity (Wildman–Crippen MR) is 92.6 cm³/mol. The molecule has 0 aromatic heterocycles. The first-order valence-corrected chi connectivity index (χ1v) is 19.1. The molecule has 1 aliphatic carbocycles. The van der Waals surface area contributed by atoms with E-state index in [-0.39, 0.29) is 0 Å². The van der Waals surface area contributed by atoms with Crippen molar-refractivity contribution in [2.75, 3.05) is 0 Å². The second kappa shape index (κ2) is 7.67. The first-order valence-electron chi connectivity index (χ1n) is 6.45. The van der Waals surface area contributed by atoms with Crippen LogP contribution in [0.5, 0.6) is 0 Å². The Labute approximate surface area is 144 Å². The summed E-state index contributed by atoms with van der Waals surface area (Å²) >= 11 is -3.29. The molecule has 0 radical (unpaired) electrons. The molecule has 0 N–H and O–H groups in total. The van der Waals surface area contributed by atoms with Crippen molar-refractivity contribution in [3.8, 4) is 11.1 Å². The molecule has 0 unspecified atom stereocenters. The molecule has 0 nitrogen and oxygen atoms in total. The third-order valence-electron chi connectivity index (χ3n) is 3.14. The predicted octanol–water partition coefficient (Wildman–Crippen LogP) is 7.07. The fourth-order valence-corrected chi connectivity index (χ4v) is 2.40. The third kappa shape index (κ3) is 5.73. The fraction of sp³-hybridized carbons (Fsp3) is 0.125. The summed E-state index contributed by atoms with van der Waals surface area (Å²) in [5.74, 6) is 0. The number of allylic oxidation sites excluding steroid dienone is 1. The molecule has 21 heavy (non-hydrogen) atoms. The van der Waals surface area contributed by atoms with Crippen LogP contribution in [0.1, 0.15) is 18.1 Å². The summed E-state index contributed by atoms with van der Waals surface area (Å²) in [4.78, 5) is 0. The normalized spacial score (nSPS) is 13.1. The first kappa shape index (κ1) is 17.6. The van der Waals surface area contributed by atoms with E-state index in [1.165, 1.54) is 27.8 Å². The van der Waals surface area contributed by atoms with Gasteiger partial charge in [-0.1, -0.05) is 60.2 Å². The topological polar surface area (TPSA) is 0 Å². The van der Waals surface area contributed by atoms with E-state index in [1.807, 2.05) is 0 Å². The van der Waals surface area contributed by atoms with Crippen molar-refractivity contribution < 1.29 is 15.5 Å². The number of halogens is 4. The van der Waals surface area contributed by atoms with E-state index >= 15 is 0 Å². The number of hydrogen-bond donors (Lipinski definition) is 0. The molecule has 110 valence electrons. The summed E-state index contributed by atoms with van der Waals surface area (Å²) in [6, 6.07) is 17.2. The molecule has 0 fully saturated rings. The molecule has 0 atom stereocenters. The van der Waals surface area contributed by atoms with Gasteiger partial charge >= 0.3 is 49.5 Å². The van der Waals surface area contributed by atoms with Gasteiger partial charge in [0.05, 0.1) is 0 Å². The van der Waals surface area contributed by atoms with Crippen molar-refractivity contribution >= 4 is 40.1 Å². The molecule has 0 spiro atoms. The second-order valence-electron chi connectivity index (χ2n) is 4.84. The van der Waals surface area contributed by atoms with Gasteiger partial charge in [-0.2, -0.15) is 0 Å². The van der Waals surface area contributed by atoms with Crippen LogP contribution in [0.4, 0.5) is 0 Å². The third-order valence-corrected chi connectivity index (χ3v) is 3.14. The maximum atomic E-state index is 5.04. The average molecular weight is 439 g/mol. The van der Waals surface area contributed by atoms with Gasteiger partial charge in [0.1, 0.15) is 0 Å². The van der Waals surface area contributed by atoms with Crippen molar-refractivity contribution in [2.45, 2.75) is 13.3 Å². The van der Waals surface area contributed by atoms with Crippen molar-refractivity contribution in [3.05, 3.63) is 65.2 Å². The molecule has 0 aliphatic heterocycles. The number of rotatable bonds is 1. The SMILES string of the molecule is CC1=Cc2c(cccc2-c2ccccc2)C1.[Cl][Zr]([Cl])([Cl])[Cl]. The van der Waals surface area contributed by atoms with Crippen molar-refractivity contribution in [2.24, 2.45) is 0 Å². The van der Waals surface area contributed by atoms with Crippen molar-refractivity contribution in [3.63, 3.8) is 0 Å². The molecule has 2 aromatic carbocycles. The first-order chi connectivity index (χ1) is 9.84.